The number of carbonyl (C=O) groups excluding carboxylic acids is 1. The summed E-state index contributed by atoms with van der Waals surface area (Å²) in [5.41, 5.74) is 5.63. The highest BCUT2D eigenvalue weighted by atomic mass is 16.6. The molecule has 0 radical (unpaired) electrons. The molecule has 0 saturated carbocycles. The Kier molecular flexibility index (Phi) is 5.77. The number of aromatic nitrogens is 2. The molecule has 1 amide bonds. The van der Waals surface area contributed by atoms with Crippen molar-refractivity contribution in [1.82, 2.24) is 20.3 Å². The Bertz CT molecular complexity index is 807. The molecule has 1 aromatic heterocycles. The predicted octanol–water partition coefficient (Wildman–Crippen LogP) is 0.822. The molecular formula is C17H21N7O3. The summed E-state index contributed by atoms with van der Waals surface area (Å²) in [6.45, 7) is 2.85. The zero-order chi connectivity index (χ0) is 19.2. The van der Waals surface area contributed by atoms with E-state index in [-0.39, 0.29) is 29.7 Å². The van der Waals surface area contributed by atoms with Crippen molar-refractivity contribution >= 4 is 23.2 Å². The Morgan fingerprint density at radius 2 is 1.89 bits per heavy atom. The van der Waals surface area contributed by atoms with Gasteiger partial charge >= 0.3 is 5.69 Å². The van der Waals surface area contributed by atoms with E-state index in [0.29, 0.717) is 13.1 Å². The Labute approximate surface area is 156 Å². The Morgan fingerprint density at radius 3 is 2.56 bits per heavy atom. The number of hydrogen-bond acceptors (Lipinski definition) is 8. The van der Waals surface area contributed by atoms with Crippen LogP contribution in [0, 0.1) is 10.1 Å². The SMILES string of the molecule is CN1CCN(c2ncnc(NNC(=O)Cc3ccccc3)c2[N+](=O)[O-])CC1. The summed E-state index contributed by atoms with van der Waals surface area (Å²) >= 11 is 0. The largest absolute Gasteiger partial charge is 0.355 e. The summed E-state index contributed by atoms with van der Waals surface area (Å²) in [5, 5.41) is 11.6. The molecule has 2 aromatic rings. The van der Waals surface area contributed by atoms with Gasteiger partial charge in [-0.05, 0) is 12.6 Å². The molecule has 10 nitrogen and oxygen atoms in total. The second kappa shape index (κ2) is 8.41. The fourth-order valence-corrected chi connectivity index (χ4v) is 2.83. The Hall–Kier alpha value is -3.27. The maximum absolute atomic E-state index is 12.1. The summed E-state index contributed by atoms with van der Waals surface area (Å²) in [4.78, 5) is 35.2. The van der Waals surface area contributed by atoms with Crippen LogP contribution < -0.4 is 15.8 Å². The van der Waals surface area contributed by atoms with Crippen LogP contribution in [0.5, 0.6) is 0 Å². The van der Waals surface area contributed by atoms with Crippen molar-refractivity contribution in [3.63, 3.8) is 0 Å². The average molecular weight is 371 g/mol. The van der Waals surface area contributed by atoms with E-state index >= 15 is 0 Å². The van der Waals surface area contributed by atoms with Gasteiger partial charge in [-0.2, -0.15) is 0 Å². The number of carbonyl (C=O) groups is 1. The minimum absolute atomic E-state index is 0.0367. The van der Waals surface area contributed by atoms with E-state index < -0.39 is 4.92 Å². The van der Waals surface area contributed by atoms with Crippen LogP contribution in [0.2, 0.25) is 0 Å². The average Bonchev–Trinajstić information content (AvgIpc) is 2.67. The molecule has 1 saturated heterocycles. The van der Waals surface area contributed by atoms with Crippen molar-refractivity contribution in [2.24, 2.45) is 0 Å². The second-order valence-electron chi connectivity index (χ2n) is 6.28. The van der Waals surface area contributed by atoms with Gasteiger partial charge in [-0.3, -0.25) is 25.8 Å². The van der Waals surface area contributed by atoms with Crippen molar-refractivity contribution in [3.05, 3.63) is 52.3 Å². The molecule has 10 heteroatoms. The van der Waals surface area contributed by atoms with Crippen molar-refractivity contribution in [2.45, 2.75) is 6.42 Å². The molecule has 0 atom stereocenters. The van der Waals surface area contributed by atoms with Gasteiger partial charge in [0, 0.05) is 26.2 Å². The first-order valence-electron chi connectivity index (χ1n) is 8.56. The lowest BCUT2D eigenvalue weighted by molar-refractivity contribution is -0.383. The number of amides is 1. The van der Waals surface area contributed by atoms with Crippen molar-refractivity contribution in [1.29, 1.82) is 0 Å². The number of piperazine rings is 1. The van der Waals surface area contributed by atoms with Gasteiger partial charge < -0.3 is 9.80 Å². The van der Waals surface area contributed by atoms with Gasteiger partial charge in [-0.25, -0.2) is 9.97 Å². The van der Waals surface area contributed by atoms with E-state index in [9.17, 15) is 14.9 Å². The third-order valence-corrected chi connectivity index (χ3v) is 4.32. The van der Waals surface area contributed by atoms with Crippen LogP contribution in [0.25, 0.3) is 0 Å². The zero-order valence-electron chi connectivity index (χ0n) is 15.0. The van der Waals surface area contributed by atoms with Gasteiger partial charge in [-0.1, -0.05) is 30.3 Å². The maximum atomic E-state index is 12.1. The van der Waals surface area contributed by atoms with Crippen LogP contribution in [0.15, 0.2) is 36.7 Å². The van der Waals surface area contributed by atoms with E-state index in [0.717, 1.165) is 18.7 Å². The predicted molar refractivity (Wildman–Crippen MR) is 100 cm³/mol. The van der Waals surface area contributed by atoms with Gasteiger partial charge in [0.2, 0.25) is 17.5 Å². The summed E-state index contributed by atoms with van der Waals surface area (Å²) in [6, 6.07) is 9.21. The van der Waals surface area contributed by atoms with Crippen LogP contribution in [0.1, 0.15) is 5.56 Å². The number of hydrogen-bond donors (Lipinski definition) is 2. The number of nitrogens with one attached hydrogen (secondary N) is 2. The minimum Gasteiger partial charge on any atom is -0.348 e. The molecule has 1 aliphatic heterocycles. The Morgan fingerprint density at radius 1 is 1.19 bits per heavy atom. The molecular weight excluding hydrogens is 350 g/mol. The molecule has 2 N–H and O–H groups in total. The standard InChI is InChI=1S/C17H21N7O3/c1-22-7-9-23(10-8-22)17-15(24(26)27)16(18-12-19-17)21-20-14(25)11-13-5-3-2-4-6-13/h2-6,12H,7-11H2,1H3,(H,20,25)(H,18,19,21). The molecule has 1 fully saturated rings. The van der Waals surface area contributed by atoms with Crippen molar-refractivity contribution in [2.75, 3.05) is 43.6 Å². The lowest BCUT2D eigenvalue weighted by Gasteiger charge is -2.32. The number of nitro groups is 1. The molecule has 2 heterocycles. The lowest BCUT2D eigenvalue weighted by atomic mass is 10.1. The second-order valence-corrected chi connectivity index (χ2v) is 6.28. The summed E-state index contributed by atoms with van der Waals surface area (Å²) < 4.78 is 0. The summed E-state index contributed by atoms with van der Waals surface area (Å²) in [6.07, 6.45) is 1.41. The van der Waals surface area contributed by atoms with Gasteiger partial charge in [0.15, 0.2) is 0 Å². The number of nitrogens with zero attached hydrogens (tertiary/aromatic N) is 5. The first kappa shape index (κ1) is 18.5. The third-order valence-electron chi connectivity index (χ3n) is 4.32. The normalized spacial score (nSPS) is 14.6. The molecule has 3 rings (SSSR count). The van der Waals surface area contributed by atoms with Gasteiger partial charge in [0.1, 0.15) is 6.33 Å². The van der Waals surface area contributed by atoms with E-state index in [1.807, 2.05) is 42.3 Å². The first-order chi connectivity index (χ1) is 13.0. The molecule has 142 valence electrons. The van der Waals surface area contributed by atoms with Crippen molar-refractivity contribution < 1.29 is 9.72 Å². The molecule has 0 bridgehead atoms. The quantitative estimate of drug-likeness (QED) is 0.566. The van der Waals surface area contributed by atoms with E-state index in [2.05, 4.69) is 25.7 Å². The summed E-state index contributed by atoms with van der Waals surface area (Å²) in [5.74, 6) is -0.108. The molecule has 1 aliphatic rings. The highest BCUT2D eigenvalue weighted by Gasteiger charge is 2.28. The lowest BCUT2D eigenvalue weighted by Crippen LogP contribution is -2.45. The van der Waals surface area contributed by atoms with E-state index in [4.69, 9.17) is 0 Å². The molecule has 0 aliphatic carbocycles. The monoisotopic (exact) mass is 371 g/mol. The number of anilines is 2. The summed E-state index contributed by atoms with van der Waals surface area (Å²) in [7, 11) is 2.00. The van der Waals surface area contributed by atoms with Gasteiger partial charge in [0.25, 0.3) is 0 Å². The smallest absolute Gasteiger partial charge is 0.348 e. The molecule has 27 heavy (non-hydrogen) atoms. The van der Waals surface area contributed by atoms with E-state index in [1.54, 1.807) is 0 Å². The van der Waals surface area contributed by atoms with Gasteiger partial charge in [0.05, 0.1) is 11.3 Å². The minimum atomic E-state index is -0.528. The molecule has 1 aromatic carbocycles. The van der Waals surface area contributed by atoms with E-state index in [1.165, 1.54) is 6.33 Å². The molecule has 0 spiro atoms. The van der Waals surface area contributed by atoms with Gasteiger partial charge in [-0.15, -0.1) is 0 Å². The maximum Gasteiger partial charge on any atom is 0.355 e. The van der Waals surface area contributed by atoms with Crippen LogP contribution in [-0.2, 0) is 11.2 Å². The first-order valence-corrected chi connectivity index (χ1v) is 8.56. The zero-order valence-corrected chi connectivity index (χ0v) is 15.0. The molecule has 0 unspecified atom stereocenters. The Balaban J connectivity index is 1.72. The fraction of sp³-hybridized carbons (Fsp3) is 0.353. The van der Waals surface area contributed by atoms with Crippen LogP contribution in [0.3, 0.4) is 0 Å². The van der Waals surface area contributed by atoms with Crippen LogP contribution >= 0.6 is 0 Å². The number of hydrazine groups is 1. The van der Waals surface area contributed by atoms with Crippen LogP contribution in [0.4, 0.5) is 17.3 Å². The topological polar surface area (TPSA) is 117 Å². The highest BCUT2D eigenvalue weighted by molar-refractivity contribution is 5.81. The fourth-order valence-electron chi connectivity index (χ4n) is 2.83. The van der Waals surface area contributed by atoms with Crippen molar-refractivity contribution in [3.8, 4) is 0 Å². The third kappa shape index (κ3) is 4.67. The van der Waals surface area contributed by atoms with Crippen LogP contribution in [-0.4, -0.2) is 58.9 Å². The number of benzene rings is 1. The highest BCUT2D eigenvalue weighted by Crippen LogP contribution is 2.31. The number of likely N-dealkylation sites (N-methyl/N-ethyl adjacent to an activating group) is 1. The number of rotatable bonds is 6.